The summed E-state index contributed by atoms with van der Waals surface area (Å²) < 4.78 is 9.78. The first kappa shape index (κ1) is 19.7. The minimum absolute atomic E-state index is 0.124. The van der Waals surface area contributed by atoms with Crippen LogP contribution in [0.25, 0.3) is 0 Å². The predicted octanol–water partition coefficient (Wildman–Crippen LogP) is 3.56. The number of methoxy groups -OCH3 is 2. The summed E-state index contributed by atoms with van der Waals surface area (Å²) in [6.07, 6.45) is 10.4. The highest BCUT2D eigenvalue weighted by Crippen LogP contribution is 2.30. The summed E-state index contributed by atoms with van der Waals surface area (Å²) in [7, 11) is 2.58. The van der Waals surface area contributed by atoms with Gasteiger partial charge in [-0.05, 0) is 62.6 Å². The molecule has 28 heavy (non-hydrogen) atoms. The quantitative estimate of drug-likeness (QED) is 0.742. The highest BCUT2D eigenvalue weighted by atomic mass is 16.5. The molecule has 1 fully saturated rings. The summed E-state index contributed by atoms with van der Waals surface area (Å²) in [6.45, 7) is 3.30. The normalized spacial score (nSPS) is 19.5. The average molecular weight is 382 g/mol. The molecular weight excluding hydrogens is 356 g/mol. The largest absolute Gasteiger partial charge is 0.465 e. The fourth-order valence-electron chi connectivity index (χ4n) is 3.65. The molecule has 1 aromatic rings. The lowest BCUT2D eigenvalue weighted by Gasteiger charge is -2.35. The number of nitrogens with zero attached hydrogens (tertiary/aromatic N) is 2. The van der Waals surface area contributed by atoms with Crippen LogP contribution in [0.2, 0.25) is 0 Å². The highest BCUT2D eigenvalue weighted by Gasteiger charge is 2.27. The Morgan fingerprint density at radius 3 is 2.29 bits per heavy atom. The summed E-state index contributed by atoms with van der Waals surface area (Å²) in [6, 6.07) is 8.51. The first-order chi connectivity index (χ1) is 13.6. The first-order valence-electron chi connectivity index (χ1n) is 9.48. The van der Waals surface area contributed by atoms with Crippen LogP contribution < -0.4 is 9.80 Å². The molecule has 0 saturated carbocycles. The van der Waals surface area contributed by atoms with E-state index in [4.69, 9.17) is 9.47 Å². The van der Waals surface area contributed by atoms with Crippen molar-refractivity contribution >= 4 is 23.3 Å². The Hall–Kier alpha value is -3.02. The molecule has 2 aliphatic rings. The minimum Gasteiger partial charge on any atom is -0.465 e. The molecule has 0 N–H and O–H groups in total. The van der Waals surface area contributed by atoms with Crippen molar-refractivity contribution in [3.63, 3.8) is 0 Å². The van der Waals surface area contributed by atoms with Crippen LogP contribution in [0.4, 0.5) is 11.4 Å². The summed E-state index contributed by atoms with van der Waals surface area (Å²) in [5, 5.41) is 0. The first-order valence-corrected chi connectivity index (χ1v) is 9.48. The molecule has 0 bridgehead atoms. The van der Waals surface area contributed by atoms with Crippen LogP contribution in [0.3, 0.4) is 0 Å². The maximum absolute atomic E-state index is 12.5. The van der Waals surface area contributed by atoms with E-state index in [1.165, 1.54) is 33.5 Å². The van der Waals surface area contributed by atoms with Gasteiger partial charge in [-0.25, -0.2) is 9.59 Å². The molecule has 0 radical (unpaired) electrons. The Kier molecular flexibility index (Phi) is 6.19. The second kappa shape index (κ2) is 8.78. The maximum Gasteiger partial charge on any atom is 0.355 e. The van der Waals surface area contributed by atoms with Crippen molar-refractivity contribution in [3.8, 4) is 0 Å². The number of carbonyl (C=O) groups is 2. The van der Waals surface area contributed by atoms with Gasteiger partial charge in [-0.1, -0.05) is 6.08 Å². The monoisotopic (exact) mass is 382 g/mol. The van der Waals surface area contributed by atoms with Crippen LogP contribution in [0.1, 0.15) is 26.2 Å². The smallest absolute Gasteiger partial charge is 0.355 e. The Morgan fingerprint density at radius 1 is 0.964 bits per heavy atom. The molecule has 148 valence electrons. The second-order valence-electron chi connectivity index (χ2n) is 6.87. The van der Waals surface area contributed by atoms with Crippen molar-refractivity contribution in [2.24, 2.45) is 0 Å². The molecular formula is C22H26N2O4. The van der Waals surface area contributed by atoms with Crippen molar-refractivity contribution < 1.29 is 19.1 Å². The zero-order valence-electron chi connectivity index (χ0n) is 16.6. The van der Waals surface area contributed by atoms with E-state index in [9.17, 15) is 9.59 Å². The van der Waals surface area contributed by atoms with Crippen LogP contribution in [-0.2, 0) is 19.1 Å². The van der Waals surface area contributed by atoms with E-state index < -0.39 is 11.9 Å². The van der Waals surface area contributed by atoms with Gasteiger partial charge in [0.25, 0.3) is 0 Å². The zero-order chi connectivity index (χ0) is 20.1. The second-order valence-corrected chi connectivity index (χ2v) is 6.87. The lowest BCUT2D eigenvalue weighted by molar-refractivity contribution is -0.139. The molecule has 1 saturated heterocycles. The molecule has 1 aromatic carbocycles. The molecule has 6 heteroatoms. The number of ether oxygens (including phenoxy) is 2. The Balaban J connectivity index is 1.98. The molecule has 0 amide bonds. The fourth-order valence-corrected chi connectivity index (χ4v) is 3.65. The summed E-state index contributed by atoms with van der Waals surface area (Å²) in [4.78, 5) is 28.8. The van der Waals surface area contributed by atoms with Gasteiger partial charge in [0.2, 0.25) is 0 Å². The Bertz CT molecular complexity index is 823. The van der Waals surface area contributed by atoms with E-state index in [0.29, 0.717) is 6.04 Å². The van der Waals surface area contributed by atoms with Crippen molar-refractivity contribution in [2.75, 3.05) is 30.6 Å². The molecule has 0 spiro atoms. The van der Waals surface area contributed by atoms with E-state index in [1.54, 1.807) is 29.3 Å². The highest BCUT2D eigenvalue weighted by molar-refractivity contribution is 6.05. The number of benzene rings is 1. The fraction of sp³-hybridized carbons (Fsp3) is 0.364. The van der Waals surface area contributed by atoms with Gasteiger partial charge in [-0.15, -0.1) is 0 Å². The number of carbonyl (C=O) groups excluding carboxylic acids is 2. The minimum atomic E-state index is -0.606. The lowest BCUT2D eigenvalue weighted by atomic mass is 10.0. The third-order valence-corrected chi connectivity index (χ3v) is 5.15. The summed E-state index contributed by atoms with van der Waals surface area (Å²) in [5.74, 6) is -1.20. The number of allylic oxidation sites excluding steroid dienone is 2. The molecule has 0 aliphatic carbocycles. The molecule has 1 atom stereocenters. The van der Waals surface area contributed by atoms with Crippen LogP contribution >= 0.6 is 0 Å². The Labute approximate surface area is 165 Å². The van der Waals surface area contributed by atoms with Crippen molar-refractivity contribution in [2.45, 2.75) is 32.2 Å². The molecule has 0 aromatic heterocycles. The van der Waals surface area contributed by atoms with Gasteiger partial charge < -0.3 is 19.3 Å². The maximum atomic E-state index is 12.5. The van der Waals surface area contributed by atoms with Gasteiger partial charge in [0.05, 0.1) is 19.8 Å². The van der Waals surface area contributed by atoms with Crippen molar-refractivity contribution in [1.82, 2.24) is 0 Å². The molecule has 1 unspecified atom stereocenters. The lowest BCUT2D eigenvalue weighted by Crippen LogP contribution is -2.37. The third kappa shape index (κ3) is 3.96. The number of rotatable bonds is 4. The third-order valence-electron chi connectivity index (χ3n) is 5.15. The van der Waals surface area contributed by atoms with Crippen molar-refractivity contribution in [3.05, 3.63) is 60.0 Å². The standard InChI is InChI=1S/C22H26N2O4/c1-16-8-4-6-14-23(16)17-10-12-18(13-11-17)24-15-7-5-9-19(21(25)27-2)20(24)22(26)28-3/h5,7,9-13,15-16H,4,6,8,14H2,1-3H3. The summed E-state index contributed by atoms with van der Waals surface area (Å²) in [5.41, 5.74) is 2.19. The molecule has 6 nitrogen and oxygen atoms in total. The zero-order valence-corrected chi connectivity index (χ0v) is 16.6. The number of hydrogen-bond donors (Lipinski definition) is 0. The molecule has 3 rings (SSSR count). The number of anilines is 2. The van der Waals surface area contributed by atoms with Crippen LogP contribution in [-0.4, -0.2) is 38.7 Å². The van der Waals surface area contributed by atoms with Gasteiger partial charge in [0.15, 0.2) is 0 Å². The summed E-state index contributed by atoms with van der Waals surface area (Å²) >= 11 is 0. The van der Waals surface area contributed by atoms with Gasteiger partial charge in [0.1, 0.15) is 5.70 Å². The van der Waals surface area contributed by atoms with E-state index in [1.807, 2.05) is 12.1 Å². The van der Waals surface area contributed by atoms with Crippen LogP contribution in [0.15, 0.2) is 60.0 Å². The van der Waals surface area contributed by atoms with Gasteiger partial charge in [0, 0.05) is 30.2 Å². The molecule has 2 heterocycles. The van der Waals surface area contributed by atoms with Gasteiger partial charge >= 0.3 is 11.9 Å². The molecule has 2 aliphatic heterocycles. The number of piperidine rings is 1. The predicted molar refractivity (Wildman–Crippen MR) is 109 cm³/mol. The van der Waals surface area contributed by atoms with Gasteiger partial charge in [-0.2, -0.15) is 0 Å². The topological polar surface area (TPSA) is 59.1 Å². The number of hydrogen-bond acceptors (Lipinski definition) is 6. The Morgan fingerprint density at radius 2 is 1.64 bits per heavy atom. The van der Waals surface area contributed by atoms with E-state index in [-0.39, 0.29) is 11.3 Å². The van der Waals surface area contributed by atoms with Gasteiger partial charge in [-0.3, -0.25) is 0 Å². The SMILES string of the molecule is COC(=O)C1=C(C(=O)OC)N(c2ccc(N3CCCCC3C)cc2)C=CC=C1. The average Bonchev–Trinajstić information content (AvgIpc) is 2.96. The van der Waals surface area contributed by atoms with E-state index in [2.05, 4.69) is 24.0 Å². The van der Waals surface area contributed by atoms with Crippen LogP contribution in [0.5, 0.6) is 0 Å². The van der Waals surface area contributed by atoms with E-state index >= 15 is 0 Å². The van der Waals surface area contributed by atoms with Crippen molar-refractivity contribution in [1.29, 1.82) is 0 Å². The van der Waals surface area contributed by atoms with E-state index in [0.717, 1.165) is 17.9 Å². The number of esters is 2. The van der Waals surface area contributed by atoms with Crippen LogP contribution in [0, 0.1) is 0 Å².